The Kier molecular flexibility index (Phi) is 4.04. The summed E-state index contributed by atoms with van der Waals surface area (Å²) in [6.45, 7) is 3.70. The first-order chi connectivity index (χ1) is 7.43. The molecule has 0 aromatic heterocycles. The number of nitrogens with one attached hydrogen (secondary N) is 2. The Morgan fingerprint density at radius 2 is 1.88 bits per heavy atom. The summed E-state index contributed by atoms with van der Waals surface area (Å²) >= 11 is 0. The van der Waals surface area contributed by atoms with Crippen molar-refractivity contribution in [3.8, 4) is 0 Å². The van der Waals surface area contributed by atoms with Crippen molar-refractivity contribution in [1.82, 2.24) is 5.32 Å². The van der Waals surface area contributed by atoms with Crippen molar-refractivity contribution in [3.63, 3.8) is 0 Å². The standard InChI is InChI=1S/C12H18N2O2/c1-12(2,16)11(15)14-10-6-4-9(5-7-10)8-13-3/h4-7,13,16H,8H2,1-3H3,(H,14,15). The van der Waals surface area contributed by atoms with Gasteiger partial charge in [0.25, 0.3) is 5.91 Å². The van der Waals surface area contributed by atoms with E-state index in [2.05, 4.69) is 10.6 Å². The predicted molar refractivity (Wildman–Crippen MR) is 64.1 cm³/mol. The molecule has 0 aliphatic heterocycles. The molecule has 0 bridgehead atoms. The molecule has 0 heterocycles. The number of benzene rings is 1. The normalized spacial score (nSPS) is 11.2. The third-order valence-electron chi connectivity index (χ3n) is 2.15. The Hall–Kier alpha value is -1.39. The molecule has 0 aliphatic rings. The molecule has 0 fully saturated rings. The zero-order chi connectivity index (χ0) is 12.2. The van der Waals surface area contributed by atoms with Gasteiger partial charge >= 0.3 is 0 Å². The molecule has 0 aliphatic carbocycles. The van der Waals surface area contributed by atoms with Crippen LogP contribution in [0.5, 0.6) is 0 Å². The van der Waals surface area contributed by atoms with Crippen molar-refractivity contribution in [2.24, 2.45) is 0 Å². The van der Waals surface area contributed by atoms with E-state index in [9.17, 15) is 9.90 Å². The molecule has 1 rings (SSSR count). The van der Waals surface area contributed by atoms with Gasteiger partial charge in [0.1, 0.15) is 5.60 Å². The molecule has 16 heavy (non-hydrogen) atoms. The summed E-state index contributed by atoms with van der Waals surface area (Å²) in [5, 5.41) is 15.1. The molecular weight excluding hydrogens is 204 g/mol. The molecule has 88 valence electrons. The maximum atomic E-state index is 11.5. The predicted octanol–water partition coefficient (Wildman–Crippen LogP) is 1.12. The van der Waals surface area contributed by atoms with Crippen LogP contribution in [-0.4, -0.2) is 23.7 Å². The van der Waals surface area contributed by atoms with E-state index in [1.54, 1.807) is 0 Å². The Morgan fingerprint density at radius 3 is 2.31 bits per heavy atom. The Bertz CT molecular complexity index is 352. The van der Waals surface area contributed by atoms with Crippen LogP contribution in [0, 0.1) is 0 Å². The minimum absolute atomic E-state index is 0.408. The number of carbonyl (C=O) groups excluding carboxylic acids is 1. The molecule has 3 N–H and O–H groups in total. The summed E-state index contributed by atoms with van der Waals surface area (Å²) in [7, 11) is 1.88. The van der Waals surface area contributed by atoms with Gasteiger partial charge in [-0.1, -0.05) is 12.1 Å². The smallest absolute Gasteiger partial charge is 0.255 e. The van der Waals surface area contributed by atoms with E-state index in [1.165, 1.54) is 13.8 Å². The van der Waals surface area contributed by atoms with E-state index >= 15 is 0 Å². The topological polar surface area (TPSA) is 61.4 Å². The zero-order valence-corrected chi connectivity index (χ0v) is 9.87. The van der Waals surface area contributed by atoms with Gasteiger partial charge in [-0.25, -0.2) is 0 Å². The highest BCUT2D eigenvalue weighted by atomic mass is 16.3. The second-order valence-corrected chi connectivity index (χ2v) is 4.24. The summed E-state index contributed by atoms with van der Waals surface area (Å²) in [4.78, 5) is 11.5. The minimum atomic E-state index is -1.36. The van der Waals surface area contributed by atoms with Crippen LogP contribution < -0.4 is 10.6 Å². The van der Waals surface area contributed by atoms with Crippen LogP contribution in [0.15, 0.2) is 24.3 Å². The number of carbonyl (C=O) groups is 1. The quantitative estimate of drug-likeness (QED) is 0.715. The highest BCUT2D eigenvalue weighted by Gasteiger charge is 2.23. The molecule has 4 nitrogen and oxygen atoms in total. The van der Waals surface area contributed by atoms with Crippen LogP contribution in [0.2, 0.25) is 0 Å². The highest BCUT2D eigenvalue weighted by molar-refractivity contribution is 5.96. The van der Waals surface area contributed by atoms with Crippen LogP contribution in [0.25, 0.3) is 0 Å². The van der Waals surface area contributed by atoms with Gasteiger partial charge < -0.3 is 15.7 Å². The average molecular weight is 222 g/mol. The van der Waals surface area contributed by atoms with Crippen LogP contribution in [0.4, 0.5) is 5.69 Å². The largest absolute Gasteiger partial charge is 0.381 e. The van der Waals surface area contributed by atoms with E-state index in [1.807, 2.05) is 31.3 Å². The van der Waals surface area contributed by atoms with Gasteiger partial charge in [0.2, 0.25) is 0 Å². The van der Waals surface area contributed by atoms with Crippen molar-refractivity contribution >= 4 is 11.6 Å². The van der Waals surface area contributed by atoms with Gasteiger partial charge in [-0.05, 0) is 38.6 Å². The van der Waals surface area contributed by atoms with Crippen molar-refractivity contribution in [1.29, 1.82) is 0 Å². The van der Waals surface area contributed by atoms with Crippen molar-refractivity contribution in [3.05, 3.63) is 29.8 Å². The second kappa shape index (κ2) is 5.09. The maximum absolute atomic E-state index is 11.5. The molecule has 0 spiro atoms. The first kappa shape index (κ1) is 12.7. The van der Waals surface area contributed by atoms with Crippen molar-refractivity contribution in [2.75, 3.05) is 12.4 Å². The average Bonchev–Trinajstić information content (AvgIpc) is 2.20. The molecule has 0 radical (unpaired) electrons. The van der Waals surface area contributed by atoms with Gasteiger partial charge in [-0.2, -0.15) is 0 Å². The van der Waals surface area contributed by atoms with Gasteiger partial charge in [0, 0.05) is 12.2 Å². The lowest BCUT2D eigenvalue weighted by Gasteiger charge is -2.16. The van der Waals surface area contributed by atoms with Gasteiger partial charge in [-0.15, -0.1) is 0 Å². The molecule has 0 unspecified atom stereocenters. The fourth-order valence-corrected chi connectivity index (χ4v) is 1.19. The minimum Gasteiger partial charge on any atom is -0.381 e. The number of aliphatic hydroxyl groups is 1. The fourth-order valence-electron chi connectivity index (χ4n) is 1.19. The number of hydrogen-bond acceptors (Lipinski definition) is 3. The van der Waals surface area contributed by atoms with Crippen LogP contribution in [0.1, 0.15) is 19.4 Å². The maximum Gasteiger partial charge on any atom is 0.255 e. The third kappa shape index (κ3) is 3.64. The molecule has 0 atom stereocenters. The third-order valence-corrected chi connectivity index (χ3v) is 2.15. The molecule has 1 aromatic rings. The number of amides is 1. The molecule has 1 aromatic carbocycles. The van der Waals surface area contributed by atoms with E-state index < -0.39 is 11.5 Å². The Labute approximate surface area is 95.7 Å². The van der Waals surface area contributed by atoms with E-state index in [0.717, 1.165) is 12.1 Å². The highest BCUT2D eigenvalue weighted by Crippen LogP contribution is 2.12. The van der Waals surface area contributed by atoms with E-state index in [4.69, 9.17) is 0 Å². The monoisotopic (exact) mass is 222 g/mol. The lowest BCUT2D eigenvalue weighted by molar-refractivity contribution is -0.130. The van der Waals surface area contributed by atoms with Crippen LogP contribution in [-0.2, 0) is 11.3 Å². The lowest BCUT2D eigenvalue weighted by Crippen LogP contribution is -2.36. The Balaban J connectivity index is 2.65. The summed E-state index contributed by atoms with van der Waals surface area (Å²) in [6, 6.07) is 7.49. The first-order valence-electron chi connectivity index (χ1n) is 5.21. The van der Waals surface area contributed by atoms with E-state index in [0.29, 0.717) is 5.69 Å². The van der Waals surface area contributed by atoms with Crippen molar-refractivity contribution < 1.29 is 9.90 Å². The summed E-state index contributed by atoms with van der Waals surface area (Å²) in [5.41, 5.74) is 0.472. The fraction of sp³-hybridized carbons (Fsp3) is 0.417. The number of anilines is 1. The molecule has 1 amide bonds. The van der Waals surface area contributed by atoms with Gasteiger partial charge in [0.05, 0.1) is 0 Å². The SMILES string of the molecule is CNCc1ccc(NC(=O)C(C)(C)O)cc1. The van der Waals surface area contributed by atoms with Gasteiger partial charge in [-0.3, -0.25) is 4.79 Å². The van der Waals surface area contributed by atoms with Crippen molar-refractivity contribution in [2.45, 2.75) is 26.0 Å². The first-order valence-corrected chi connectivity index (χ1v) is 5.21. The summed E-state index contributed by atoms with van der Waals surface area (Å²) in [5.74, 6) is -0.408. The molecule has 0 saturated heterocycles. The van der Waals surface area contributed by atoms with Crippen LogP contribution in [0.3, 0.4) is 0 Å². The zero-order valence-electron chi connectivity index (χ0n) is 9.87. The lowest BCUT2D eigenvalue weighted by atomic mass is 10.1. The number of rotatable bonds is 4. The van der Waals surface area contributed by atoms with E-state index in [-0.39, 0.29) is 0 Å². The van der Waals surface area contributed by atoms with Gasteiger partial charge in [0.15, 0.2) is 0 Å². The number of hydrogen-bond donors (Lipinski definition) is 3. The summed E-state index contributed by atoms with van der Waals surface area (Å²) < 4.78 is 0. The van der Waals surface area contributed by atoms with Crippen LogP contribution >= 0.6 is 0 Å². The summed E-state index contributed by atoms with van der Waals surface area (Å²) in [6.07, 6.45) is 0. The Morgan fingerprint density at radius 1 is 1.31 bits per heavy atom. The molecule has 4 heteroatoms. The second-order valence-electron chi connectivity index (χ2n) is 4.24. The molecular formula is C12H18N2O2. The molecule has 0 saturated carbocycles.